The molecule has 2 heteroatoms. The highest BCUT2D eigenvalue weighted by molar-refractivity contribution is 6.92. The second-order valence-corrected chi connectivity index (χ2v) is 15.4. The molecule has 0 amide bonds. The van der Waals surface area contributed by atoms with E-state index in [1.807, 2.05) is 0 Å². The van der Waals surface area contributed by atoms with Crippen molar-refractivity contribution in [1.29, 1.82) is 0 Å². The van der Waals surface area contributed by atoms with Crippen LogP contribution >= 0.6 is 0 Å². The molecule has 1 nitrogen and oxygen atoms in total. The average Bonchev–Trinajstić information content (AvgIpc) is 2.46. The van der Waals surface area contributed by atoms with Crippen molar-refractivity contribution in [3.63, 3.8) is 0 Å². The summed E-state index contributed by atoms with van der Waals surface area (Å²) in [5, 5.41) is 1.88. The largest absolute Gasteiger partial charge is 0.212 e. The van der Waals surface area contributed by atoms with E-state index >= 15 is 0 Å². The summed E-state index contributed by atoms with van der Waals surface area (Å²) >= 11 is 0. The van der Waals surface area contributed by atoms with Gasteiger partial charge in [-0.05, 0) is 39.8 Å². The number of aryl methyl sites for hydroxylation is 2. The molecule has 25 heavy (non-hydrogen) atoms. The van der Waals surface area contributed by atoms with Crippen LogP contribution in [0, 0.1) is 6.92 Å². The first-order valence-electron chi connectivity index (χ1n) is 9.37. The van der Waals surface area contributed by atoms with Crippen molar-refractivity contribution >= 4 is 13.3 Å². The van der Waals surface area contributed by atoms with Crippen molar-refractivity contribution < 1.29 is 4.57 Å². The van der Waals surface area contributed by atoms with Gasteiger partial charge in [0.25, 0.3) is 0 Å². The Morgan fingerprint density at radius 1 is 0.880 bits per heavy atom. The van der Waals surface area contributed by atoms with Crippen molar-refractivity contribution in [2.24, 2.45) is 7.05 Å². The van der Waals surface area contributed by atoms with Crippen LogP contribution < -0.4 is 9.75 Å². The fourth-order valence-electron chi connectivity index (χ4n) is 3.02. The van der Waals surface area contributed by atoms with Gasteiger partial charge in [-0.1, -0.05) is 66.8 Å². The molecule has 0 saturated heterocycles. The van der Waals surface area contributed by atoms with E-state index in [1.54, 1.807) is 0 Å². The Morgan fingerprint density at radius 2 is 1.48 bits per heavy atom. The van der Waals surface area contributed by atoms with Gasteiger partial charge in [-0.3, -0.25) is 0 Å². The highest BCUT2D eigenvalue weighted by Gasteiger charge is 2.38. The van der Waals surface area contributed by atoms with E-state index in [1.165, 1.54) is 27.6 Å². The van der Waals surface area contributed by atoms with Gasteiger partial charge >= 0.3 is 0 Å². The Balaban J connectivity index is 2.67. The summed E-state index contributed by atoms with van der Waals surface area (Å²) in [6.07, 6.45) is 2.24. The van der Waals surface area contributed by atoms with Crippen LogP contribution in [0.25, 0.3) is 11.3 Å². The summed E-state index contributed by atoms with van der Waals surface area (Å²) < 4.78 is 2.27. The summed E-state index contributed by atoms with van der Waals surface area (Å²) in [5.74, 6) is 0. The van der Waals surface area contributed by atoms with Gasteiger partial charge in [0.05, 0.1) is 8.07 Å². The van der Waals surface area contributed by atoms with Crippen molar-refractivity contribution in [1.82, 2.24) is 0 Å². The van der Waals surface area contributed by atoms with E-state index in [2.05, 4.69) is 110 Å². The van der Waals surface area contributed by atoms with Gasteiger partial charge in [0.15, 0.2) is 6.20 Å². The number of benzene rings is 1. The molecule has 0 aliphatic rings. The maximum absolute atomic E-state index is 2.49. The summed E-state index contributed by atoms with van der Waals surface area (Å²) in [6.45, 7) is 21.2. The maximum atomic E-state index is 2.49. The van der Waals surface area contributed by atoms with E-state index in [9.17, 15) is 0 Å². The third-order valence-corrected chi connectivity index (χ3v) is 11.6. The summed E-state index contributed by atoms with van der Waals surface area (Å²) in [7, 11) is 0.612. The third-order valence-electron chi connectivity index (χ3n) is 6.13. The second-order valence-electron chi connectivity index (χ2n) is 10.1. The third kappa shape index (κ3) is 3.89. The van der Waals surface area contributed by atoms with Gasteiger partial charge in [0.1, 0.15) is 7.05 Å². The number of pyridine rings is 1. The molecule has 0 spiro atoms. The molecule has 0 atom stereocenters. The lowest BCUT2D eigenvalue weighted by Crippen LogP contribution is -2.51. The van der Waals surface area contributed by atoms with Gasteiger partial charge in [0, 0.05) is 17.7 Å². The minimum absolute atomic E-state index is 0.165. The fourth-order valence-corrected chi connectivity index (χ4v) is 4.88. The number of aromatic nitrogens is 1. The van der Waals surface area contributed by atoms with Crippen LogP contribution in [0.15, 0.2) is 36.5 Å². The molecule has 0 fully saturated rings. The lowest BCUT2D eigenvalue weighted by Gasteiger charge is -2.37. The molecule has 0 aliphatic carbocycles. The summed E-state index contributed by atoms with van der Waals surface area (Å²) in [6, 6.07) is 11.7. The predicted molar refractivity (Wildman–Crippen MR) is 113 cm³/mol. The molecule has 1 aromatic carbocycles. The molecule has 0 N–H and O–H groups in total. The minimum Gasteiger partial charge on any atom is -0.201 e. The molecule has 0 radical (unpaired) electrons. The molecule has 0 unspecified atom stereocenters. The molecule has 1 heterocycles. The SMILES string of the molecule is Cc1ccc(C(C)(C)C)cc1-c1cc([Si](C)(C)C(C)(C)C)cc[n+]1C. The van der Waals surface area contributed by atoms with Gasteiger partial charge in [-0.25, -0.2) is 4.57 Å². The lowest BCUT2D eigenvalue weighted by atomic mass is 9.85. The molecular formula is C23H36NSi+. The van der Waals surface area contributed by atoms with Gasteiger partial charge in [0.2, 0.25) is 5.69 Å². The highest BCUT2D eigenvalue weighted by Crippen LogP contribution is 2.36. The Bertz CT molecular complexity index is 774. The molecule has 0 saturated carbocycles. The van der Waals surface area contributed by atoms with Crippen LogP contribution in [0.1, 0.15) is 52.7 Å². The number of nitrogens with zero attached hydrogens (tertiary/aromatic N) is 1. The van der Waals surface area contributed by atoms with E-state index in [4.69, 9.17) is 0 Å². The van der Waals surface area contributed by atoms with Crippen LogP contribution in [-0.4, -0.2) is 8.07 Å². The van der Waals surface area contributed by atoms with Crippen molar-refractivity contribution in [2.75, 3.05) is 0 Å². The number of hydrogen-bond donors (Lipinski definition) is 0. The number of rotatable bonds is 2. The number of hydrogen-bond acceptors (Lipinski definition) is 0. The van der Waals surface area contributed by atoms with Gasteiger partial charge < -0.3 is 0 Å². The normalized spacial score (nSPS) is 13.2. The van der Waals surface area contributed by atoms with Crippen molar-refractivity contribution in [2.45, 2.75) is 72.0 Å². The summed E-state index contributed by atoms with van der Waals surface area (Å²) in [5.41, 5.74) is 5.58. The van der Waals surface area contributed by atoms with Gasteiger partial charge in [-0.15, -0.1) is 0 Å². The molecule has 136 valence electrons. The second kappa shape index (κ2) is 6.39. The first-order chi connectivity index (χ1) is 11.2. The Labute approximate surface area is 156 Å². The lowest BCUT2D eigenvalue weighted by molar-refractivity contribution is -0.660. The molecule has 0 bridgehead atoms. The van der Waals surface area contributed by atoms with Crippen LogP contribution in [-0.2, 0) is 12.5 Å². The van der Waals surface area contributed by atoms with Crippen molar-refractivity contribution in [3.8, 4) is 11.3 Å². The van der Waals surface area contributed by atoms with Gasteiger partial charge in [-0.2, -0.15) is 0 Å². The zero-order valence-electron chi connectivity index (χ0n) is 17.9. The fraction of sp³-hybridized carbons (Fsp3) is 0.522. The molecule has 0 aliphatic heterocycles. The first-order valence-corrected chi connectivity index (χ1v) is 12.4. The van der Waals surface area contributed by atoms with Crippen LogP contribution in [0.5, 0.6) is 0 Å². The van der Waals surface area contributed by atoms with E-state index < -0.39 is 8.07 Å². The Hall–Kier alpha value is -1.41. The quantitative estimate of drug-likeness (QED) is 0.495. The van der Waals surface area contributed by atoms with Crippen LogP contribution in [0.4, 0.5) is 0 Å². The molecule has 1 aromatic heterocycles. The Morgan fingerprint density at radius 3 is 2.00 bits per heavy atom. The van der Waals surface area contributed by atoms with E-state index in [-0.39, 0.29) is 5.41 Å². The van der Waals surface area contributed by atoms with E-state index in [0.717, 1.165) is 0 Å². The highest BCUT2D eigenvalue weighted by atomic mass is 28.3. The predicted octanol–water partition coefficient (Wildman–Crippen LogP) is 5.50. The average molecular weight is 355 g/mol. The smallest absolute Gasteiger partial charge is 0.201 e. The Kier molecular flexibility index (Phi) is 5.09. The molecule has 2 aromatic rings. The maximum Gasteiger partial charge on any atom is 0.212 e. The zero-order chi connectivity index (χ0) is 19.2. The first kappa shape index (κ1) is 19.9. The topological polar surface area (TPSA) is 3.88 Å². The van der Waals surface area contributed by atoms with Crippen LogP contribution in [0.2, 0.25) is 18.1 Å². The standard InChI is InChI=1S/C23H36NSi/c1-17-11-12-18(22(2,3)4)15-20(17)21-16-19(13-14-24(21)8)25(9,10)23(5,6)7/h11-16H,1-10H3/q+1. The van der Waals surface area contributed by atoms with Crippen molar-refractivity contribution in [3.05, 3.63) is 47.7 Å². The monoisotopic (exact) mass is 354 g/mol. The molecule has 2 rings (SSSR count). The summed E-state index contributed by atoms with van der Waals surface area (Å²) in [4.78, 5) is 0. The zero-order valence-corrected chi connectivity index (χ0v) is 18.9. The molecular weight excluding hydrogens is 318 g/mol. The van der Waals surface area contributed by atoms with Crippen LogP contribution in [0.3, 0.4) is 0 Å². The van der Waals surface area contributed by atoms with E-state index in [0.29, 0.717) is 5.04 Å². The minimum atomic E-state index is -1.55.